The summed E-state index contributed by atoms with van der Waals surface area (Å²) < 4.78 is 5.46. The van der Waals surface area contributed by atoms with Crippen molar-refractivity contribution in [2.75, 3.05) is 6.61 Å². The van der Waals surface area contributed by atoms with Crippen LogP contribution in [0, 0.1) is 0 Å². The van der Waals surface area contributed by atoms with E-state index in [-0.39, 0.29) is 5.97 Å². The minimum Gasteiger partial charge on any atom is -0.481 e. The highest BCUT2D eigenvalue weighted by Gasteiger charge is 2.03. The molecule has 4 heteroatoms. The predicted octanol–water partition coefficient (Wildman–Crippen LogP) is 16.0. The topological polar surface area (TPSA) is 63.6 Å². The van der Waals surface area contributed by atoms with E-state index in [2.05, 4.69) is 31.2 Å². The van der Waals surface area contributed by atoms with Gasteiger partial charge in [-0.25, -0.2) is 0 Å². The Morgan fingerprint density at radius 3 is 1.08 bits per heavy atom. The molecule has 0 saturated carbocycles. The second kappa shape index (κ2) is 44.6. The van der Waals surface area contributed by atoms with Gasteiger partial charge < -0.3 is 9.84 Å². The first kappa shape index (κ1) is 49.4. The van der Waals surface area contributed by atoms with Crippen molar-refractivity contribution >= 4 is 11.9 Å². The number of aliphatic carboxylic acids is 1. The first-order valence-corrected chi connectivity index (χ1v) is 22.8. The van der Waals surface area contributed by atoms with Crippen LogP contribution in [-0.4, -0.2) is 23.7 Å². The Morgan fingerprint density at radius 2 is 0.706 bits per heavy atom. The maximum atomic E-state index is 12.0. The number of rotatable bonds is 43. The van der Waals surface area contributed by atoms with Crippen LogP contribution in [0.5, 0.6) is 0 Å². The molecular weight excluding hydrogens is 629 g/mol. The number of hydrogen-bond donors (Lipinski definition) is 1. The number of unbranched alkanes of at least 4 members (excludes halogenated alkanes) is 33. The largest absolute Gasteiger partial charge is 0.481 e. The summed E-state index contributed by atoms with van der Waals surface area (Å²) in [7, 11) is 0. The van der Waals surface area contributed by atoms with Crippen LogP contribution in [0.15, 0.2) is 24.3 Å². The van der Waals surface area contributed by atoms with Crippen LogP contribution >= 0.6 is 0 Å². The Bertz CT molecular complexity index is 757. The van der Waals surface area contributed by atoms with Crippen molar-refractivity contribution in [1.29, 1.82) is 0 Å². The van der Waals surface area contributed by atoms with Crippen molar-refractivity contribution in [3.63, 3.8) is 0 Å². The van der Waals surface area contributed by atoms with Gasteiger partial charge in [0, 0.05) is 12.8 Å². The standard InChI is InChI=1S/C47H88O4/c1-2-3-4-5-6-7-8-9-22-26-29-32-35-38-41-44-47(50)51-45-42-39-36-33-30-27-24-21-19-17-15-13-11-10-12-14-16-18-20-23-25-28-31-34-37-40-43-46(48)49/h6-7,9,22H,2-5,8,10-21,23-45H2,1H3,(H,48,49)/b7-6-,22-9-. The van der Waals surface area contributed by atoms with E-state index in [9.17, 15) is 9.59 Å². The number of carboxylic acid groups (broad SMARTS) is 1. The molecule has 0 aromatic heterocycles. The Kier molecular flexibility index (Phi) is 43.2. The minimum atomic E-state index is -0.655. The lowest BCUT2D eigenvalue weighted by Crippen LogP contribution is -2.05. The first-order chi connectivity index (χ1) is 25.2. The van der Waals surface area contributed by atoms with Crippen molar-refractivity contribution in [3.8, 4) is 0 Å². The average molecular weight is 717 g/mol. The molecule has 0 spiro atoms. The van der Waals surface area contributed by atoms with Gasteiger partial charge in [-0.05, 0) is 51.4 Å². The summed E-state index contributed by atoms with van der Waals surface area (Å²) in [5.74, 6) is -0.650. The number of carbonyl (C=O) groups is 2. The highest BCUT2D eigenvalue weighted by molar-refractivity contribution is 5.69. The Balaban J connectivity index is 3.18. The fraction of sp³-hybridized carbons (Fsp3) is 0.872. The maximum Gasteiger partial charge on any atom is 0.305 e. The molecule has 0 bridgehead atoms. The summed E-state index contributed by atoms with van der Waals surface area (Å²) in [5, 5.41) is 8.65. The van der Waals surface area contributed by atoms with Crippen LogP contribution < -0.4 is 0 Å². The fourth-order valence-corrected chi connectivity index (χ4v) is 6.96. The maximum absolute atomic E-state index is 12.0. The highest BCUT2D eigenvalue weighted by atomic mass is 16.5. The van der Waals surface area contributed by atoms with Crippen molar-refractivity contribution in [2.45, 2.75) is 257 Å². The number of esters is 1. The number of allylic oxidation sites excluding steroid dienone is 4. The Hall–Kier alpha value is -1.58. The minimum absolute atomic E-state index is 0.00525. The summed E-state index contributed by atoms with van der Waals surface area (Å²) >= 11 is 0. The molecule has 0 unspecified atom stereocenters. The van der Waals surface area contributed by atoms with Gasteiger partial charge >= 0.3 is 11.9 Å². The van der Waals surface area contributed by atoms with E-state index < -0.39 is 5.97 Å². The van der Waals surface area contributed by atoms with Crippen LogP contribution in [-0.2, 0) is 14.3 Å². The SMILES string of the molecule is CCCCC/C=C\C/C=C\CCCCCCCC(=O)OCCCCCCCCCCCCCCCCCCCCCCCCCCCCC(=O)O. The van der Waals surface area contributed by atoms with Gasteiger partial charge in [0.05, 0.1) is 6.61 Å². The number of ether oxygens (including phenoxy) is 1. The van der Waals surface area contributed by atoms with E-state index >= 15 is 0 Å². The third-order valence-corrected chi connectivity index (χ3v) is 10.4. The van der Waals surface area contributed by atoms with E-state index in [0.717, 1.165) is 38.5 Å². The number of carbonyl (C=O) groups excluding carboxylic acids is 1. The van der Waals surface area contributed by atoms with Gasteiger partial charge in [0.15, 0.2) is 0 Å². The van der Waals surface area contributed by atoms with E-state index in [0.29, 0.717) is 19.4 Å². The molecule has 300 valence electrons. The Labute approximate surface area is 318 Å². The second-order valence-electron chi connectivity index (χ2n) is 15.5. The molecule has 0 aliphatic heterocycles. The van der Waals surface area contributed by atoms with Gasteiger partial charge in [-0.2, -0.15) is 0 Å². The monoisotopic (exact) mass is 717 g/mol. The summed E-state index contributed by atoms with van der Waals surface area (Å²) in [4.78, 5) is 22.5. The Morgan fingerprint density at radius 1 is 0.392 bits per heavy atom. The molecule has 0 aromatic carbocycles. The van der Waals surface area contributed by atoms with Crippen molar-refractivity contribution in [2.24, 2.45) is 0 Å². The van der Waals surface area contributed by atoms with Gasteiger partial charge in [-0.1, -0.05) is 217 Å². The first-order valence-electron chi connectivity index (χ1n) is 22.8. The molecule has 0 heterocycles. The zero-order valence-corrected chi connectivity index (χ0v) is 34.3. The summed E-state index contributed by atoms with van der Waals surface area (Å²) in [6.07, 6.45) is 58.0. The molecule has 0 aromatic rings. The molecular formula is C47H88O4. The van der Waals surface area contributed by atoms with Crippen molar-refractivity contribution in [1.82, 2.24) is 0 Å². The van der Waals surface area contributed by atoms with E-state index in [1.807, 2.05) is 0 Å². The van der Waals surface area contributed by atoms with Gasteiger partial charge in [0.25, 0.3) is 0 Å². The second-order valence-corrected chi connectivity index (χ2v) is 15.5. The molecule has 0 radical (unpaired) electrons. The highest BCUT2D eigenvalue weighted by Crippen LogP contribution is 2.16. The third-order valence-electron chi connectivity index (χ3n) is 10.4. The quantitative estimate of drug-likeness (QED) is 0.0388. The number of hydrogen-bond acceptors (Lipinski definition) is 3. The molecule has 1 N–H and O–H groups in total. The summed E-state index contributed by atoms with van der Waals surface area (Å²) in [6.45, 7) is 2.87. The molecule has 4 nitrogen and oxygen atoms in total. The lowest BCUT2D eigenvalue weighted by molar-refractivity contribution is -0.144. The molecule has 51 heavy (non-hydrogen) atoms. The van der Waals surface area contributed by atoms with Crippen LogP contribution in [0.4, 0.5) is 0 Å². The zero-order valence-electron chi connectivity index (χ0n) is 34.3. The van der Waals surface area contributed by atoms with E-state index in [1.54, 1.807) is 0 Å². The van der Waals surface area contributed by atoms with Gasteiger partial charge in [-0.15, -0.1) is 0 Å². The van der Waals surface area contributed by atoms with Gasteiger partial charge in [0.1, 0.15) is 0 Å². The van der Waals surface area contributed by atoms with Crippen molar-refractivity contribution < 1.29 is 19.4 Å². The fourth-order valence-electron chi connectivity index (χ4n) is 6.96. The summed E-state index contributed by atoms with van der Waals surface area (Å²) in [6, 6.07) is 0. The van der Waals surface area contributed by atoms with Gasteiger partial charge in [0.2, 0.25) is 0 Å². The molecule has 0 aliphatic rings. The van der Waals surface area contributed by atoms with Crippen LogP contribution in [0.3, 0.4) is 0 Å². The molecule has 0 fully saturated rings. The van der Waals surface area contributed by atoms with Crippen LogP contribution in [0.25, 0.3) is 0 Å². The van der Waals surface area contributed by atoms with Crippen molar-refractivity contribution in [3.05, 3.63) is 24.3 Å². The number of carboxylic acids is 1. The lowest BCUT2D eigenvalue weighted by atomic mass is 10.0. The smallest absolute Gasteiger partial charge is 0.305 e. The lowest BCUT2D eigenvalue weighted by Gasteiger charge is -2.06. The van der Waals surface area contributed by atoms with Crippen LogP contribution in [0.2, 0.25) is 0 Å². The normalized spacial score (nSPS) is 11.7. The van der Waals surface area contributed by atoms with Crippen LogP contribution in [0.1, 0.15) is 257 Å². The molecule has 0 saturated heterocycles. The predicted molar refractivity (Wildman–Crippen MR) is 223 cm³/mol. The van der Waals surface area contributed by atoms with E-state index in [1.165, 1.54) is 199 Å². The van der Waals surface area contributed by atoms with Gasteiger partial charge in [-0.3, -0.25) is 9.59 Å². The average Bonchev–Trinajstić information content (AvgIpc) is 3.12. The molecule has 0 amide bonds. The molecule has 0 aliphatic carbocycles. The summed E-state index contributed by atoms with van der Waals surface area (Å²) in [5.41, 5.74) is 0. The van der Waals surface area contributed by atoms with E-state index in [4.69, 9.17) is 9.84 Å². The molecule has 0 atom stereocenters. The zero-order chi connectivity index (χ0) is 37.0. The third kappa shape index (κ3) is 46.4. The molecule has 0 rings (SSSR count).